The number of aromatic nitrogens is 4. The van der Waals surface area contributed by atoms with E-state index >= 15 is 0 Å². The van der Waals surface area contributed by atoms with Gasteiger partial charge < -0.3 is 40.1 Å². The first-order chi connectivity index (χ1) is 19.5. The van der Waals surface area contributed by atoms with Gasteiger partial charge in [0, 0.05) is 6.42 Å². The van der Waals surface area contributed by atoms with Crippen molar-refractivity contribution in [1.82, 2.24) is 34.2 Å². The molecule has 1 saturated heterocycles. The number of fused-ring (bicyclic) bond motifs is 1. The summed E-state index contributed by atoms with van der Waals surface area (Å²) in [6.45, 7) is 4.97. The third-order valence-corrected chi connectivity index (χ3v) is 7.24. The number of aliphatic hydroxyl groups excluding tert-OH is 2. The van der Waals surface area contributed by atoms with Crippen LogP contribution >= 0.6 is 0 Å². The van der Waals surface area contributed by atoms with Gasteiger partial charge in [0.05, 0.1) is 0 Å². The van der Waals surface area contributed by atoms with E-state index in [1.54, 1.807) is 0 Å². The minimum absolute atomic E-state index is 0.126. The van der Waals surface area contributed by atoms with Crippen molar-refractivity contribution in [3.8, 4) is 0 Å². The molecule has 1 aliphatic rings. The van der Waals surface area contributed by atoms with Gasteiger partial charge >= 0.3 is 11.7 Å². The van der Waals surface area contributed by atoms with E-state index in [4.69, 9.17) is 15.2 Å². The monoisotopic (exact) mass is 582 g/mol. The van der Waals surface area contributed by atoms with Gasteiger partial charge in [0.15, 0.2) is 17.4 Å². The Morgan fingerprint density at radius 2 is 1.59 bits per heavy atom. The molecular weight excluding hydrogens is 536 g/mol. The van der Waals surface area contributed by atoms with Gasteiger partial charge in [-0.1, -0.05) is 6.42 Å². The quantitative estimate of drug-likeness (QED) is 0.112. The lowest BCUT2D eigenvalue weighted by atomic mass is 10.1. The molecule has 41 heavy (non-hydrogen) atoms. The topological polar surface area (TPSA) is 195 Å². The average molecular weight is 583 g/mol. The second-order valence-electron chi connectivity index (χ2n) is 11.1. The Morgan fingerprint density at radius 1 is 0.951 bits per heavy atom. The largest absolute Gasteiger partial charge is 0.463 e. The molecule has 1 aliphatic heterocycles. The predicted molar refractivity (Wildman–Crippen MR) is 154 cm³/mol. The van der Waals surface area contributed by atoms with Crippen LogP contribution in [0.4, 0.5) is 5.95 Å². The van der Waals surface area contributed by atoms with E-state index in [2.05, 4.69) is 57.8 Å². The number of hydrogen-bond donors (Lipinski definition) is 5. The maximum atomic E-state index is 12.5. The summed E-state index contributed by atoms with van der Waals surface area (Å²) in [6.07, 6.45) is -0.355. The summed E-state index contributed by atoms with van der Waals surface area (Å²) in [5, 5.41) is 21.0. The van der Waals surface area contributed by atoms with Crippen molar-refractivity contribution in [3.63, 3.8) is 0 Å². The summed E-state index contributed by atoms with van der Waals surface area (Å²) in [6, 6.07) is 0. The summed E-state index contributed by atoms with van der Waals surface area (Å²) in [4.78, 5) is 52.2. The summed E-state index contributed by atoms with van der Waals surface area (Å²) < 4.78 is 11.8. The van der Waals surface area contributed by atoms with E-state index in [-0.39, 0.29) is 30.1 Å². The van der Waals surface area contributed by atoms with Crippen molar-refractivity contribution in [2.45, 2.75) is 63.1 Å². The Balaban J connectivity index is 1.33. The van der Waals surface area contributed by atoms with Gasteiger partial charge in [-0.05, 0) is 86.6 Å². The van der Waals surface area contributed by atoms with Gasteiger partial charge in [0.1, 0.15) is 24.9 Å². The van der Waals surface area contributed by atoms with E-state index < -0.39 is 41.8 Å². The van der Waals surface area contributed by atoms with Crippen molar-refractivity contribution in [3.05, 3.63) is 20.8 Å². The number of nitrogen functional groups attached to an aromatic ring is 1. The molecule has 0 amide bonds. The molecule has 0 bridgehead atoms. The smallest absolute Gasteiger partial charge is 0.330 e. The second kappa shape index (κ2) is 15.4. The molecule has 0 spiro atoms. The number of imidazole rings is 1. The van der Waals surface area contributed by atoms with Gasteiger partial charge in [0.2, 0.25) is 5.95 Å². The number of nitrogens with one attached hydrogen (secondary N) is 2. The Kier molecular flexibility index (Phi) is 12.3. The van der Waals surface area contributed by atoms with Gasteiger partial charge in [-0.2, -0.15) is 4.98 Å². The van der Waals surface area contributed by atoms with E-state index in [0.29, 0.717) is 6.42 Å². The normalized spacial score (nSPS) is 21.1. The Hall–Kier alpha value is -2.82. The second-order valence-corrected chi connectivity index (χ2v) is 11.1. The van der Waals surface area contributed by atoms with Gasteiger partial charge in [0.25, 0.3) is 5.56 Å². The zero-order valence-corrected chi connectivity index (χ0v) is 24.5. The third-order valence-electron chi connectivity index (χ3n) is 7.24. The zero-order valence-electron chi connectivity index (χ0n) is 24.5. The van der Waals surface area contributed by atoms with Crippen LogP contribution < -0.4 is 17.0 Å². The third kappa shape index (κ3) is 9.34. The molecule has 3 heterocycles. The van der Waals surface area contributed by atoms with Crippen molar-refractivity contribution in [2.24, 2.45) is 0 Å². The van der Waals surface area contributed by atoms with Crippen molar-refractivity contribution >= 4 is 23.1 Å². The Bertz CT molecular complexity index is 1230. The highest BCUT2D eigenvalue weighted by molar-refractivity contribution is 5.70. The molecule has 6 N–H and O–H groups in total. The summed E-state index contributed by atoms with van der Waals surface area (Å²) in [7, 11) is 8.46. The minimum Gasteiger partial charge on any atom is -0.463 e. The molecule has 15 heteroatoms. The number of H-pyrrole nitrogens is 2. The maximum absolute atomic E-state index is 12.5. The lowest BCUT2D eigenvalue weighted by Crippen LogP contribution is -2.35. The lowest BCUT2D eigenvalue weighted by Gasteiger charge is -2.21. The molecule has 1 fully saturated rings. The van der Waals surface area contributed by atoms with Crippen LogP contribution in [0.5, 0.6) is 0 Å². The molecule has 2 unspecified atom stereocenters. The van der Waals surface area contributed by atoms with E-state index in [1.807, 2.05) is 0 Å². The first-order valence-corrected chi connectivity index (χ1v) is 14.2. The number of carbonyl (C=O) groups is 1. The maximum Gasteiger partial charge on any atom is 0.330 e. The molecule has 2 aromatic rings. The molecule has 0 saturated carbocycles. The van der Waals surface area contributed by atoms with E-state index in [1.165, 1.54) is 6.42 Å². The van der Waals surface area contributed by atoms with Crippen molar-refractivity contribution < 1.29 is 24.5 Å². The highest BCUT2D eigenvalue weighted by Gasteiger charge is 2.45. The SMILES string of the molecule is CN(C)CCCN(C)CCCN(C)CCCCCC(=O)OC[C@@H]1O[C@H](n2c(=O)[nH]c3c(=O)[nH]c(N)nc32)C(O)C1O. The fourth-order valence-electron chi connectivity index (χ4n) is 4.91. The number of nitrogens with zero attached hydrogens (tertiary/aromatic N) is 5. The number of esters is 1. The lowest BCUT2D eigenvalue weighted by molar-refractivity contribution is -0.150. The van der Waals surface area contributed by atoms with Crippen LogP contribution in [0.1, 0.15) is 44.8 Å². The van der Waals surface area contributed by atoms with Crippen LogP contribution in [0.25, 0.3) is 11.2 Å². The molecule has 0 aliphatic carbocycles. The van der Waals surface area contributed by atoms with Crippen LogP contribution in [0.3, 0.4) is 0 Å². The molecule has 2 aromatic heterocycles. The van der Waals surface area contributed by atoms with E-state index in [9.17, 15) is 24.6 Å². The number of ether oxygens (including phenoxy) is 2. The van der Waals surface area contributed by atoms with Crippen LogP contribution in [-0.4, -0.2) is 136 Å². The molecule has 0 radical (unpaired) electrons. The first-order valence-electron chi connectivity index (χ1n) is 14.2. The summed E-state index contributed by atoms with van der Waals surface area (Å²) in [5.41, 5.74) is 3.88. The number of carbonyl (C=O) groups excluding carboxylic acids is 1. The molecule has 0 aromatic carbocycles. The number of hydrogen-bond acceptors (Lipinski definition) is 12. The molecule has 15 nitrogen and oxygen atoms in total. The Labute approximate surface area is 239 Å². The molecular formula is C26H46N8O7. The van der Waals surface area contributed by atoms with Crippen LogP contribution in [-0.2, 0) is 14.3 Å². The van der Waals surface area contributed by atoms with Crippen LogP contribution in [0.2, 0.25) is 0 Å². The van der Waals surface area contributed by atoms with Gasteiger partial charge in [-0.25, -0.2) is 9.36 Å². The standard InChI is InChI=1S/C26H46N8O7/c1-31(2)11-8-13-33(4)15-9-14-32(3)12-7-5-6-10-18(35)40-16-17-20(36)21(37)24(41-17)34-22-19(28-26(34)39)23(38)30-25(27)29-22/h17,20-21,24,36-37H,5-16H2,1-4H3,(H,28,39)(H3,27,29,30,38)/t17-,20?,21?,24-/m0/s1. The summed E-state index contributed by atoms with van der Waals surface area (Å²) >= 11 is 0. The van der Waals surface area contributed by atoms with E-state index in [0.717, 1.165) is 56.6 Å². The number of aliphatic hydroxyl groups is 2. The number of unbranched alkanes of at least 4 members (excludes halogenated alkanes) is 2. The fraction of sp³-hybridized carbons (Fsp3) is 0.769. The van der Waals surface area contributed by atoms with Crippen LogP contribution in [0, 0.1) is 0 Å². The van der Waals surface area contributed by atoms with Crippen LogP contribution in [0.15, 0.2) is 9.59 Å². The van der Waals surface area contributed by atoms with Crippen molar-refractivity contribution in [1.29, 1.82) is 0 Å². The summed E-state index contributed by atoms with van der Waals surface area (Å²) in [5.74, 6) is -0.662. The number of anilines is 1. The Morgan fingerprint density at radius 3 is 2.24 bits per heavy atom. The van der Waals surface area contributed by atoms with Gasteiger partial charge in [-0.3, -0.25) is 19.6 Å². The fourth-order valence-corrected chi connectivity index (χ4v) is 4.91. The zero-order chi connectivity index (χ0) is 30.1. The molecule has 4 atom stereocenters. The minimum atomic E-state index is -1.53. The number of nitrogens with two attached hydrogens (primary N) is 1. The number of aromatic amines is 2. The van der Waals surface area contributed by atoms with Crippen molar-refractivity contribution in [2.75, 3.05) is 73.3 Å². The van der Waals surface area contributed by atoms with Gasteiger partial charge in [-0.15, -0.1) is 0 Å². The average Bonchev–Trinajstić information content (AvgIpc) is 3.37. The molecule has 232 valence electrons. The molecule has 3 rings (SSSR count). The number of rotatable bonds is 17. The highest BCUT2D eigenvalue weighted by atomic mass is 16.6. The highest BCUT2D eigenvalue weighted by Crippen LogP contribution is 2.30. The first kappa shape index (κ1) is 32.7. The predicted octanol–water partition coefficient (Wildman–Crippen LogP) is -1.08.